The number of ether oxygens (including phenoxy) is 1. The highest BCUT2D eigenvalue weighted by molar-refractivity contribution is 6.04. The zero-order valence-corrected chi connectivity index (χ0v) is 15.0. The van der Waals surface area contributed by atoms with Crippen molar-refractivity contribution in [3.05, 3.63) is 12.2 Å². The molecule has 25 heavy (non-hydrogen) atoms. The number of ketones is 1. The first-order chi connectivity index (χ1) is 11.6. The summed E-state index contributed by atoms with van der Waals surface area (Å²) < 4.78 is 5.89. The molecule has 4 aliphatic carbocycles. The lowest BCUT2D eigenvalue weighted by Gasteiger charge is -2.74. The van der Waals surface area contributed by atoms with E-state index in [4.69, 9.17) is 4.74 Å². The third kappa shape index (κ3) is 1.44. The van der Waals surface area contributed by atoms with Gasteiger partial charge in [-0.25, -0.2) is 0 Å². The van der Waals surface area contributed by atoms with E-state index in [0.717, 1.165) is 19.3 Å². The normalized spacial score (nSPS) is 58.8. The summed E-state index contributed by atoms with van der Waals surface area (Å²) in [4.78, 5) is 13.3. The van der Waals surface area contributed by atoms with E-state index >= 15 is 0 Å². The minimum absolute atomic E-state index is 0.0616. The molecule has 6 aliphatic rings. The van der Waals surface area contributed by atoms with Gasteiger partial charge in [0, 0.05) is 11.3 Å². The summed E-state index contributed by atoms with van der Waals surface area (Å²) in [6, 6.07) is 0. The molecule has 6 fully saturated rings. The molecule has 3 unspecified atom stereocenters. The van der Waals surface area contributed by atoms with Crippen LogP contribution in [0.15, 0.2) is 12.2 Å². The molecule has 2 aliphatic heterocycles. The van der Waals surface area contributed by atoms with Crippen molar-refractivity contribution in [3.63, 3.8) is 0 Å². The Morgan fingerprint density at radius 3 is 2.64 bits per heavy atom. The molecule has 0 radical (unpaired) electrons. The Kier molecular flexibility index (Phi) is 2.88. The Hall–Kier alpha value is -0.750. The lowest BCUT2D eigenvalue weighted by molar-refractivity contribution is -0.448. The van der Waals surface area contributed by atoms with E-state index in [1.807, 2.05) is 0 Å². The van der Waals surface area contributed by atoms with Crippen LogP contribution in [0.4, 0.5) is 0 Å². The summed E-state index contributed by atoms with van der Waals surface area (Å²) in [5.74, 6) is -2.39. The van der Waals surface area contributed by atoms with Crippen molar-refractivity contribution < 1.29 is 24.9 Å². The van der Waals surface area contributed by atoms with E-state index in [1.54, 1.807) is 0 Å². The SMILES string of the molecule is C=C1C(=O)[C@]23CC1CC[C@H]2[C@@]12CO[C@@]3(O)C(O)[C@@H]1C(C)(C)CCC2O. The molecule has 2 heterocycles. The van der Waals surface area contributed by atoms with Crippen LogP contribution in [0.2, 0.25) is 0 Å². The largest absolute Gasteiger partial charge is 0.392 e. The molecule has 0 amide bonds. The average Bonchev–Trinajstić information content (AvgIpc) is 2.75. The Morgan fingerprint density at radius 1 is 1.20 bits per heavy atom. The highest BCUT2D eigenvalue weighted by atomic mass is 16.6. The van der Waals surface area contributed by atoms with Gasteiger partial charge in [-0.2, -0.15) is 0 Å². The first-order valence-corrected chi connectivity index (χ1v) is 9.59. The Labute approximate surface area is 148 Å². The molecule has 5 heteroatoms. The Balaban J connectivity index is 1.79. The average molecular weight is 348 g/mol. The van der Waals surface area contributed by atoms with Crippen molar-refractivity contribution in [2.45, 2.75) is 63.9 Å². The van der Waals surface area contributed by atoms with Crippen LogP contribution in [0.5, 0.6) is 0 Å². The summed E-state index contributed by atoms with van der Waals surface area (Å²) in [5.41, 5.74) is -1.48. The van der Waals surface area contributed by atoms with E-state index in [0.29, 0.717) is 18.4 Å². The number of hydrogen-bond donors (Lipinski definition) is 3. The first-order valence-electron chi connectivity index (χ1n) is 9.59. The fourth-order valence-corrected chi connectivity index (χ4v) is 7.82. The first kappa shape index (κ1) is 16.4. The van der Waals surface area contributed by atoms with Gasteiger partial charge in [-0.3, -0.25) is 4.79 Å². The molecular weight excluding hydrogens is 320 g/mol. The smallest absolute Gasteiger partial charge is 0.205 e. The second kappa shape index (κ2) is 4.38. The molecule has 0 aromatic rings. The molecule has 6 rings (SSSR count). The zero-order valence-electron chi connectivity index (χ0n) is 15.0. The minimum Gasteiger partial charge on any atom is -0.392 e. The van der Waals surface area contributed by atoms with Crippen LogP contribution in [0.25, 0.3) is 0 Å². The molecule has 5 nitrogen and oxygen atoms in total. The van der Waals surface area contributed by atoms with Crippen molar-refractivity contribution in [3.8, 4) is 0 Å². The quantitative estimate of drug-likeness (QED) is 0.576. The molecule has 4 saturated carbocycles. The maximum Gasteiger partial charge on any atom is 0.205 e. The summed E-state index contributed by atoms with van der Waals surface area (Å²) >= 11 is 0. The molecule has 0 aromatic carbocycles. The molecule has 0 aromatic heterocycles. The van der Waals surface area contributed by atoms with Gasteiger partial charge in [0.25, 0.3) is 0 Å². The van der Waals surface area contributed by atoms with Gasteiger partial charge in [-0.1, -0.05) is 20.4 Å². The second-order valence-corrected chi connectivity index (χ2v) is 9.92. The Bertz CT molecular complexity index is 686. The highest BCUT2D eigenvalue weighted by Crippen LogP contribution is 2.76. The third-order valence-corrected chi connectivity index (χ3v) is 8.81. The summed E-state index contributed by atoms with van der Waals surface area (Å²) in [5, 5.41) is 34.0. The molecule has 138 valence electrons. The van der Waals surface area contributed by atoms with Gasteiger partial charge in [0.1, 0.15) is 6.10 Å². The zero-order chi connectivity index (χ0) is 18.0. The number of aliphatic hydroxyl groups is 3. The molecule has 2 spiro atoms. The highest BCUT2D eigenvalue weighted by Gasteiger charge is 2.84. The minimum atomic E-state index is -1.87. The van der Waals surface area contributed by atoms with Crippen molar-refractivity contribution in [2.75, 3.05) is 6.61 Å². The van der Waals surface area contributed by atoms with Gasteiger partial charge in [0.05, 0.1) is 18.1 Å². The number of Topliss-reactive ketones (excluding diaryl/α,β-unsaturated/α-hetero) is 1. The van der Waals surface area contributed by atoms with Gasteiger partial charge in [0.2, 0.25) is 5.79 Å². The molecule has 2 saturated heterocycles. The van der Waals surface area contributed by atoms with Crippen LogP contribution in [-0.2, 0) is 9.53 Å². The van der Waals surface area contributed by atoms with Crippen LogP contribution in [0.1, 0.15) is 46.0 Å². The van der Waals surface area contributed by atoms with Gasteiger partial charge < -0.3 is 20.1 Å². The van der Waals surface area contributed by atoms with Crippen molar-refractivity contribution in [1.29, 1.82) is 0 Å². The fraction of sp³-hybridized carbons (Fsp3) is 0.850. The lowest BCUT2D eigenvalue weighted by atomic mass is 9.36. The van der Waals surface area contributed by atoms with E-state index in [-0.39, 0.29) is 35.6 Å². The van der Waals surface area contributed by atoms with E-state index in [9.17, 15) is 20.1 Å². The molecular formula is C20H28O5. The maximum absolute atomic E-state index is 13.3. The topological polar surface area (TPSA) is 87.0 Å². The molecule has 4 bridgehead atoms. The van der Waals surface area contributed by atoms with Crippen molar-refractivity contribution >= 4 is 5.78 Å². The third-order valence-electron chi connectivity index (χ3n) is 8.81. The number of allylic oxidation sites excluding steroid dienone is 1. The number of carbonyl (C=O) groups is 1. The van der Waals surface area contributed by atoms with Crippen LogP contribution >= 0.6 is 0 Å². The number of carbonyl (C=O) groups excluding carboxylic acids is 1. The van der Waals surface area contributed by atoms with Gasteiger partial charge in [-0.05, 0) is 54.9 Å². The summed E-state index contributed by atoms with van der Waals surface area (Å²) in [7, 11) is 0. The van der Waals surface area contributed by atoms with Crippen molar-refractivity contribution in [1.82, 2.24) is 0 Å². The van der Waals surface area contributed by atoms with Crippen LogP contribution < -0.4 is 0 Å². The van der Waals surface area contributed by atoms with Gasteiger partial charge in [-0.15, -0.1) is 0 Å². The maximum atomic E-state index is 13.3. The van der Waals surface area contributed by atoms with E-state index in [2.05, 4.69) is 20.4 Å². The number of aliphatic hydroxyl groups excluding tert-OH is 2. The second-order valence-electron chi connectivity index (χ2n) is 9.92. The van der Waals surface area contributed by atoms with Gasteiger partial charge in [0.15, 0.2) is 5.78 Å². The number of hydrogen-bond acceptors (Lipinski definition) is 5. The predicted molar refractivity (Wildman–Crippen MR) is 89.3 cm³/mol. The Morgan fingerprint density at radius 2 is 1.92 bits per heavy atom. The molecule has 3 N–H and O–H groups in total. The van der Waals surface area contributed by atoms with E-state index in [1.165, 1.54) is 0 Å². The van der Waals surface area contributed by atoms with E-state index < -0.39 is 28.8 Å². The van der Waals surface area contributed by atoms with Crippen LogP contribution in [-0.4, -0.2) is 45.7 Å². The van der Waals surface area contributed by atoms with Crippen LogP contribution in [0.3, 0.4) is 0 Å². The number of rotatable bonds is 0. The monoisotopic (exact) mass is 348 g/mol. The lowest BCUT2D eigenvalue weighted by Crippen LogP contribution is -2.83. The number of fused-ring (bicyclic) bond motifs is 2. The summed E-state index contributed by atoms with van der Waals surface area (Å²) in [6.07, 6.45) is 1.77. The molecule has 8 atom stereocenters. The standard InChI is InChI=1S/C20H28O5/c1-10-11-4-5-12-18-9-25-20(24,19(12,8-11)15(10)22)16(23)14(18)17(2,3)7-6-13(18)21/h11-14,16,21,23-24H,1,4-9H2,2-3H3/t11?,12-,13?,14+,16?,18+,19-,20-/m0/s1. The van der Waals surface area contributed by atoms with Crippen LogP contribution in [0, 0.1) is 34.0 Å². The summed E-state index contributed by atoms with van der Waals surface area (Å²) in [6.45, 7) is 8.41. The fourth-order valence-electron chi connectivity index (χ4n) is 7.82. The van der Waals surface area contributed by atoms with Crippen molar-refractivity contribution in [2.24, 2.45) is 34.0 Å². The van der Waals surface area contributed by atoms with Gasteiger partial charge >= 0.3 is 0 Å². The predicted octanol–water partition coefficient (Wildman–Crippen LogP) is 1.40.